The largest absolute Gasteiger partial charge is 0.494 e. The maximum atomic E-state index is 13.8. The summed E-state index contributed by atoms with van der Waals surface area (Å²) in [6, 6.07) is 24.3. The van der Waals surface area contributed by atoms with Gasteiger partial charge in [-0.2, -0.15) is 0 Å². The number of hydrogen-bond acceptors (Lipinski definition) is 1. The van der Waals surface area contributed by atoms with Crippen molar-refractivity contribution in [2.75, 3.05) is 6.61 Å². The van der Waals surface area contributed by atoms with Gasteiger partial charge in [-0.3, -0.25) is 0 Å². The molecule has 0 atom stereocenters. The van der Waals surface area contributed by atoms with E-state index in [-0.39, 0.29) is 5.39 Å². The minimum absolute atomic E-state index is 0.267. The second kappa shape index (κ2) is 10.1. The van der Waals surface area contributed by atoms with Crippen LogP contribution in [0.5, 0.6) is 5.75 Å². The van der Waals surface area contributed by atoms with Gasteiger partial charge >= 0.3 is 0 Å². The lowest BCUT2D eigenvalue weighted by Gasteiger charge is -2.06. The predicted octanol–water partition coefficient (Wildman–Crippen LogP) is 7.09. The number of aryl methyl sites for hydroxylation is 2. The zero-order chi connectivity index (χ0) is 22.3. The Kier molecular flexibility index (Phi) is 6.82. The molecule has 4 rings (SSSR count). The molecule has 0 fully saturated rings. The van der Waals surface area contributed by atoms with Gasteiger partial charge in [-0.05, 0) is 78.2 Å². The first-order valence-electron chi connectivity index (χ1n) is 10.8. The minimum Gasteiger partial charge on any atom is -0.494 e. The van der Waals surface area contributed by atoms with E-state index in [1.54, 1.807) is 24.3 Å². The van der Waals surface area contributed by atoms with Crippen LogP contribution < -0.4 is 4.74 Å². The van der Waals surface area contributed by atoms with Crippen molar-refractivity contribution in [1.82, 2.24) is 0 Å². The molecule has 4 aromatic carbocycles. The topological polar surface area (TPSA) is 9.23 Å². The maximum absolute atomic E-state index is 13.8. The summed E-state index contributed by atoms with van der Waals surface area (Å²) in [4.78, 5) is 0. The average molecular weight is 427 g/mol. The molecule has 3 heteroatoms. The Balaban J connectivity index is 1.38. The molecule has 0 bridgehead atoms. The molecule has 0 spiro atoms. The van der Waals surface area contributed by atoms with E-state index in [9.17, 15) is 8.78 Å². The van der Waals surface area contributed by atoms with Gasteiger partial charge < -0.3 is 4.74 Å². The van der Waals surface area contributed by atoms with E-state index in [1.165, 1.54) is 11.1 Å². The Morgan fingerprint density at radius 1 is 0.719 bits per heavy atom. The van der Waals surface area contributed by atoms with Crippen molar-refractivity contribution >= 4 is 10.8 Å². The smallest absolute Gasteiger partial charge is 0.166 e. The standard InChI is InChI=1S/C29H24F2O/c1-2-19-32-26-15-11-23(12-16-26)8-7-21-3-5-22(6-4-21)9-10-24-13-17-27-25(20-24)14-18-28(30)29(27)31/h3-6,11-18,20H,2,7-8,19H2,1H3. The van der Waals surface area contributed by atoms with Gasteiger partial charge in [0.2, 0.25) is 0 Å². The van der Waals surface area contributed by atoms with Crippen molar-refractivity contribution in [2.24, 2.45) is 0 Å². The molecule has 4 aromatic rings. The lowest BCUT2D eigenvalue weighted by Crippen LogP contribution is -1.96. The van der Waals surface area contributed by atoms with Crippen molar-refractivity contribution in [3.8, 4) is 17.6 Å². The third-order valence-electron chi connectivity index (χ3n) is 5.31. The van der Waals surface area contributed by atoms with Crippen LogP contribution in [0.25, 0.3) is 10.8 Å². The first kappa shape index (κ1) is 21.6. The summed E-state index contributed by atoms with van der Waals surface area (Å²) in [5.74, 6) is 5.51. The van der Waals surface area contributed by atoms with Crippen molar-refractivity contribution in [3.05, 3.63) is 113 Å². The first-order chi connectivity index (χ1) is 15.6. The third kappa shape index (κ3) is 5.34. The Bertz CT molecular complexity index is 1260. The first-order valence-corrected chi connectivity index (χ1v) is 10.8. The number of halogens is 2. The molecule has 160 valence electrons. The third-order valence-corrected chi connectivity index (χ3v) is 5.31. The summed E-state index contributed by atoms with van der Waals surface area (Å²) in [6.07, 6.45) is 2.93. The lowest BCUT2D eigenvalue weighted by molar-refractivity contribution is 0.317. The van der Waals surface area contributed by atoms with Crippen molar-refractivity contribution < 1.29 is 13.5 Å². The fraction of sp³-hybridized carbons (Fsp3) is 0.172. The molecule has 0 radical (unpaired) electrons. The van der Waals surface area contributed by atoms with Crippen LogP contribution in [-0.2, 0) is 12.8 Å². The zero-order valence-corrected chi connectivity index (χ0v) is 18.0. The molecule has 0 saturated carbocycles. The molecule has 0 aliphatic rings. The molecule has 0 heterocycles. The van der Waals surface area contributed by atoms with Crippen LogP contribution in [0.15, 0.2) is 78.9 Å². The normalized spacial score (nSPS) is 10.6. The van der Waals surface area contributed by atoms with Gasteiger partial charge in [0.1, 0.15) is 5.75 Å². The highest BCUT2D eigenvalue weighted by atomic mass is 19.2. The quantitative estimate of drug-likeness (QED) is 0.299. The number of fused-ring (bicyclic) bond motifs is 1. The van der Waals surface area contributed by atoms with E-state index < -0.39 is 11.6 Å². The van der Waals surface area contributed by atoms with Crippen LogP contribution in [0, 0.1) is 23.5 Å². The maximum Gasteiger partial charge on any atom is 0.166 e. The molecule has 0 aliphatic carbocycles. The van der Waals surface area contributed by atoms with Gasteiger partial charge in [-0.25, -0.2) is 8.78 Å². The molecule has 32 heavy (non-hydrogen) atoms. The highest BCUT2D eigenvalue weighted by Crippen LogP contribution is 2.21. The van der Waals surface area contributed by atoms with Crippen LogP contribution in [0.3, 0.4) is 0 Å². The van der Waals surface area contributed by atoms with E-state index in [2.05, 4.69) is 43.0 Å². The summed E-state index contributed by atoms with van der Waals surface area (Å²) in [7, 11) is 0. The molecule has 0 saturated heterocycles. The fourth-order valence-corrected chi connectivity index (χ4v) is 3.50. The van der Waals surface area contributed by atoms with Crippen LogP contribution in [-0.4, -0.2) is 6.61 Å². The van der Waals surface area contributed by atoms with E-state index >= 15 is 0 Å². The van der Waals surface area contributed by atoms with E-state index in [1.807, 2.05) is 24.3 Å². The van der Waals surface area contributed by atoms with Gasteiger partial charge in [0.15, 0.2) is 11.6 Å². The van der Waals surface area contributed by atoms with Crippen molar-refractivity contribution in [3.63, 3.8) is 0 Å². The van der Waals surface area contributed by atoms with Gasteiger partial charge in [0.25, 0.3) is 0 Å². The second-order valence-corrected chi connectivity index (χ2v) is 7.74. The van der Waals surface area contributed by atoms with Crippen LogP contribution in [0.4, 0.5) is 8.78 Å². The Hall–Kier alpha value is -3.64. The molecule has 1 nitrogen and oxygen atoms in total. The van der Waals surface area contributed by atoms with Gasteiger partial charge in [0, 0.05) is 16.5 Å². The summed E-state index contributed by atoms with van der Waals surface area (Å²) in [5, 5.41) is 0.902. The molecule has 0 aromatic heterocycles. The van der Waals surface area contributed by atoms with Crippen LogP contribution >= 0.6 is 0 Å². The highest BCUT2D eigenvalue weighted by Gasteiger charge is 2.06. The van der Waals surface area contributed by atoms with E-state index in [4.69, 9.17) is 4.74 Å². The van der Waals surface area contributed by atoms with Gasteiger partial charge in [-0.15, -0.1) is 0 Å². The summed E-state index contributed by atoms with van der Waals surface area (Å²) < 4.78 is 32.8. The Morgan fingerprint density at radius 2 is 1.34 bits per heavy atom. The predicted molar refractivity (Wildman–Crippen MR) is 126 cm³/mol. The minimum atomic E-state index is -0.838. The molecule has 0 amide bonds. The second-order valence-electron chi connectivity index (χ2n) is 7.74. The van der Waals surface area contributed by atoms with Gasteiger partial charge in [-0.1, -0.05) is 55.2 Å². The van der Waals surface area contributed by atoms with Crippen molar-refractivity contribution in [1.29, 1.82) is 0 Å². The zero-order valence-electron chi connectivity index (χ0n) is 18.0. The summed E-state index contributed by atoms with van der Waals surface area (Å²) >= 11 is 0. The lowest BCUT2D eigenvalue weighted by atomic mass is 10.0. The van der Waals surface area contributed by atoms with Gasteiger partial charge in [0.05, 0.1) is 6.61 Å². The SMILES string of the molecule is CCCOc1ccc(CCc2ccc(C#Cc3ccc4c(F)c(F)ccc4c3)cc2)cc1. The number of ether oxygens (including phenoxy) is 1. The molecular formula is C29H24F2O. The van der Waals surface area contributed by atoms with E-state index in [0.717, 1.165) is 48.8 Å². The monoisotopic (exact) mass is 426 g/mol. The van der Waals surface area contributed by atoms with E-state index in [0.29, 0.717) is 5.39 Å². The molecular weight excluding hydrogens is 402 g/mol. The average Bonchev–Trinajstić information content (AvgIpc) is 2.84. The number of benzene rings is 4. The summed E-state index contributed by atoms with van der Waals surface area (Å²) in [5.41, 5.74) is 4.21. The molecule has 0 N–H and O–H groups in total. The number of hydrogen-bond donors (Lipinski definition) is 0. The molecule has 0 aliphatic heterocycles. The molecule has 0 unspecified atom stereocenters. The number of rotatable bonds is 6. The fourth-order valence-electron chi connectivity index (χ4n) is 3.50. The van der Waals surface area contributed by atoms with Crippen LogP contribution in [0.1, 0.15) is 35.6 Å². The van der Waals surface area contributed by atoms with Crippen molar-refractivity contribution in [2.45, 2.75) is 26.2 Å². The summed E-state index contributed by atoms with van der Waals surface area (Å²) in [6.45, 7) is 2.84. The highest BCUT2D eigenvalue weighted by molar-refractivity contribution is 5.84. The Labute approximate surface area is 187 Å². The van der Waals surface area contributed by atoms with Crippen LogP contribution in [0.2, 0.25) is 0 Å². The Morgan fingerprint density at radius 3 is 2.03 bits per heavy atom.